The Balaban J connectivity index is 1.68. The summed E-state index contributed by atoms with van der Waals surface area (Å²) in [5, 5.41) is 7.78. The highest BCUT2D eigenvalue weighted by Crippen LogP contribution is 2.35. The van der Waals surface area contributed by atoms with Crippen LogP contribution in [0.4, 0.5) is 0 Å². The van der Waals surface area contributed by atoms with Crippen LogP contribution in [0.15, 0.2) is 41.7 Å². The van der Waals surface area contributed by atoms with Crippen LogP contribution in [0, 0.1) is 11.8 Å². The molecular weight excluding hydrogens is 408 g/mol. The maximum atomic E-state index is 6.29. The lowest BCUT2D eigenvalue weighted by atomic mass is 9.85. The minimum Gasteiger partial charge on any atom is -0.357 e. The predicted octanol–water partition coefficient (Wildman–Crippen LogP) is 4.33. The second-order valence-electron chi connectivity index (χ2n) is 8.85. The van der Waals surface area contributed by atoms with E-state index in [1.807, 2.05) is 18.5 Å². The van der Waals surface area contributed by atoms with Gasteiger partial charge in [0.15, 0.2) is 5.96 Å². The Bertz CT molecular complexity index is 846. The lowest BCUT2D eigenvalue weighted by Crippen LogP contribution is -2.45. The second-order valence-corrected chi connectivity index (χ2v) is 9.28. The zero-order valence-corrected chi connectivity index (χ0v) is 20.1. The van der Waals surface area contributed by atoms with E-state index in [-0.39, 0.29) is 0 Å². The van der Waals surface area contributed by atoms with Gasteiger partial charge in [-0.05, 0) is 62.9 Å². The van der Waals surface area contributed by atoms with E-state index in [1.54, 1.807) is 0 Å². The number of rotatable bonds is 8. The van der Waals surface area contributed by atoms with Gasteiger partial charge in [0, 0.05) is 43.1 Å². The van der Waals surface area contributed by atoms with Crippen molar-refractivity contribution in [2.45, 2.75) is 52.7 Å². The van der Waals surface area contributed by atoms with Crippen molar-refractivity contribution in [3.8, 4) is 0 Å². The van der Waals surface area contributed by atoms with Crippen LogP contribution in [0.3, 0.4) is 0 Å². The summed E-state index contributed by atoms with van der Waals surface area (Å²) in [6.07, 6.45) is 6.30. The molecule has 2 aromatic rings. The fourth-order valence-corrected chi connectivity index (χ4v) is 4.66. The molecule has 0 aliphatic carbocycles. The SMILES string of the molecule is CCNC(=NCc1nccn1CC(C)C)NCC1CCCN(C)C1c1cccc(Cl)c1. The number of imidazole rings is 1. The molecule has 170 valence electrons. The molecule has 1 saturated heterocycles. The molecular formula is C24H37ClN6. The third-order valence-corrected chi connectivity index (χ3v) is 6.05. The first-order valence-electron chi connectivity index (χ1n) is 11.5. The van der Waals surface area contributed by atoms with E-state index >= 15 is 0 Å². The van der Waals surface area contributed by atoms with Gasteiger partial charge in [-0.2, -0.15) is 0 Å². The Hall–Kier alpha value is -2.05. The number of aromatic nitrogens is 2. The number of nitrogens with zero attached hydrogens (tertiary/aromatic N) is 4. The minimum absolute atomic E-state index is 0.354. The molecule has 7 heteroatoms. The summed E-state index contributed by atoms with van der Waals surface area (Å²) in [5.41, 5.74) is 1.29. The summed E-state index contributed by atoms with van der Waals surface area (Å²) in [6, 6.07) is 8.65. The zero-order chi connectivity index (χ0) is 22.2. The van der Waals surface area contributed by atoms with Crippen LogP contribution in [0.2, 0.25) is 5.02 Å². The van der Waals surface area contributed by atoms with Gasteiger partial charge in [-0.1, -0.05) is 37.6 Å². The Kier molecular flexibility index (Phi) is 8.79. The smallest absolute Gasteiger partial charge is 0.191 e. The van der Waals surface area contributed by atoms with Crippen molar-refractivity contribution in [3.05, 3.63) is 53.1 Å². The quantitative estimate of drug-likeness (QED) is 0.470. The van der Waals surface area contributed by atoms with E-state index in [0.717, 1.165) is 43.0 Å². The fourth-order valence-electron chi connectivity index (χ4n) is 4.46. The number of piperidine rings is 1. The summed E-state index contributed by atoms with van der Waals surface area (Å²) in [7, 11) is 2.21. The van der Waals surface area contributed by atoms with Crippen molar-refractivity contribution in [2.75, 3.05) is 26.7 Å². The van der Waals surface area contributed by atoms with Crippen molar-refractivity contribution < 1.29 is 0 Å². The molecule has 1 fully saturated rings. The number of likely N-dealkylation sites (tertiary alicyclic amines) is 1. The van der Waals surface area contributed by atoms with Crippen LogP contribution in [-0.4, -0.2) is 47.1 Å². The molecule has 2 N–H and O–H groups in total. The normalized spacial score (nSPS) is 20.3. The van der Waals surface area contributed by atoms with Crippen LogP contribution in [0.25, 0.3) is 0 Å². The Morgan fingerprint density at radius 2 is 2.16 bits per heavy atom. The number of nitrogens with one attached hydrogen (secondary N) is 2. The monoisotopic (exact) mass is 444 g/mol. The maximum Gasteiger partial charge on any atom is 0.191 e. The van der Waals surface area contributed by atoms with Gasteiger partial charge in [0.25, 0.3) is 0 Å². The molecule has 2 atom stereocenters. The summed E-state index contributed by atoms with van der Waals surface area (Å²) < 4.78 is 2.20. The van der Waals surface area contributed by atoms with Crippen LogP contribution < -0.4 is 10.6 Å². The first kappa shape index (κ1) is 23.6. The van der Waals surface area contributed by atoms with E-state index in [2.05, 4.69) is 71.1 Å². The molecule has 1 aliphatic heterocycles. The first-order valence-corrected chi connectivity index (χ1v) is 11.8. The molecule has 0 saturated carbocycles. The summed E-state index contributed by atoms with van der Waals surface area (Å²) >= 11 is 6.29. The van der Waals surface area contributed by atoms with Crippen molar-refractivity contribution in [1.82, 2.24) is 25.1 Å². The minimum atomic E-state index is 0.354. The number of benzene rings is 1. The first-order chi connectivity index (χ1) is 15.0. The predicted molar refractivity (Wildman–Crippen MR) is 129 cm³/mol. The molecule has 3 rings (SSSR count). The highest BCUT2D eigenvalue weighted by atomic mass is 35.5. The van der Waals surface area contributed by atoms with Gasteiger partial charge in [0.2, 0.25) is 0 Å². The largest absolute Gasteiger partial charge is 0.357 e. The highest BCUT2D eigenvalue weighted by Gasteiger charge is 2.30. The molecule has 1 aromatic heterocycles. The van der Waals surface area contributed by atoms with Gasteiger partial charge < -0.3 is 15.2 Å². The van der Waals surface area contributed by atoms with Crippen LogP contribution in [0.1, 0.15) is 51.0 Å². The van der Waals surface area contributed by atoms with Crippen molar-refractivity contribution in [3.63, 3.8) is 0 Å². The maximum absolute atomic E-state index is 6.29. The fraction of sp³-hybridized carbons (Fsp3) is 0.583. The number of hydrogen-bond donors (Lipinski definition) is 2. The molecule has 6 nitrogen and oxygen atoms in total. The standard InChI is InChI=1S/C24H37ClN6/c1-5-26-24(29-16-22-27-11-13-31(22)17-18(2)3)28-15-20-9-7-12-30(4)23(20)19-8-6-10-21(25)14-19/h6,8,10-11,13-14,18,20,23H,5,7,9,12,15-17H2,1-4H3,(H2,26,28,29). The molecule has 0 bridgehead atoms. The Morgan fingerprint density at radius 3 is 2.90 bits per heavy atom. The molecule has 0 amide bonds. The third kappa shape index (κ3) is 6.71. The zero-order valence-electron chi connectivity index (χ0n) is 19.3. The number of aliphatic imine (C=N–C) groups is 1. The molecule has 1 aliphatic rings. The van der Waals surface area contributed by atoms with E-state index in [4.69, 9.17) is 16.6 Å². The van der Waals surface area contributed by atoms with Gasteiger partial charge in [0.05, 0.1) is 0 Å². The topological polar surface area (TPSA) is 57.5 Å². The van der Waals surface area contributed by atoms with Crippen molar-refractivity contribution in [2.24, 2.45) is 16.8 Å². The van der Waals surface area contributed by atoms with Crippen molar-refractivity contribution in [1.29, 1.82) is 0 Å². The Labute approximate surface area is 192 Å². The summed E-state index contributed by atoms with van der Waals surface area (Å²) in [6.45, 7) is 10.9. The molecule has 0 radical (unpaired) electrons. The molecule has 31 heavy (non-hydrogen) atoms. The van der Waals surface area contributed by atoms with E-state index in [1.165, 1.54) is 18.4 Å². The summed E-state index contributed by atoms with van der Waals surface area (Å²) in [5.74, 6) is 2.92. The van der Waals surface area contributed by atoms with Gasteiger partial charge in [0.1, 0.15) is 12.4 Å². The molecule has 0 spiro atoms. The average Bonchev–Trinajstić information content (AvgIpc) is 3.16. The van der Waals surface area contributed by atoms with E-state index < -0.39 is 0 Å². The number of guanidine groups is 1. The lowest BCUT2D eigenvalue weighted by Gasteiger charge is -2.40. The van der Waals surface area contributed by atoms with E-state index in [0.29, 0.717) is 24.4 Å². The lowest BCUT2D eigenvalue weighted by molar-refractivity contribution is 0.122. The van der Waals surface area contributed by atoms with E-state index in [9.17, 15) is 0 Å². The number of halogens is 1. The van der Waals surface area contributed by atoms with Crippen LogP contribution >= 0.6 is 11.6 Å². The second kappa shape index (κ2) is 11.5. The van der Waals surface area contributed by atoms with Crippen LogP contribution in [-0.2, 0) is 13.1 Å². The average molecular weight is 445 g/mol. The molecule has 2 heterocycles. The third-order valence-electron chi connectivity index (χ3n) is 5.82. The van der Waals surface area contributed by atoms with Gasteiger partial charge in [-0.3, -0.25) is 4.90 Å². The molecule has 1 aromatic carbocycles. The highest BCUT2D eigenvalue weighted by molar-refractivity contribution is 6.30. The van der Waals surface area contributed by atoms with Crippen LogP contribution in [0.5, 0.6) is 0 Å². The van der Waals surface area contributed by atoms with Crippen molar-refractivity contribution >= 4 is 17.6 Å². The van der Waals surface area contributed by atoms with Gasteiger partial charge >= 0.3 is 0 Å². The van der Waals surface area contributed by atoms with Gasteiger partial charge in [-0.15, -0.1) is 0 Å². The summed E-state index contributed by atoms with van der Waals surface area (Å²) in [4.78, 5) is 11.8. The van der Waals surface area contributed by atoms with Gasteiger partial charge in [-0.25, -0.2) is 9.98 Å². The number of hydrogen-bond acceptors (Lipinski definition) is 3. The molecule has 2 unspecified atom stereocenters. The Morgan fingerprint density at radius 1 is 1.32 bits per heavy atom.